The number of amidine groups is 1. The predicted octanol–water partition coefficient (Wildman–Crippen LogP) is 0.898. The van der Waals surface area contributed by atoms with E-state index in [1.807, 2.05) is 6.92 Å². The van der Waals surface area contributed by atoms with Gasteiger partial charge in [-0.2, -0.15) is 0 Å². The van der Waals surface area contributed by atoms with Crippen molar-refractivity contribution in [2.75, 3.05) is 24.6 Å². The van der Waals surface area contributed by atoms with Crippen molar-refractivity contribution < 1.29 is 15.2 Å². The molecule has 8 heteroatoms. The Kier molecular flexibility index (Phi) is 5.73. The molecule has 0 fully saturated rings. The van der Waals surface area contributed by atoms with Crippen molar-refractivity contribution in [3.63, 3.8) is 0 Å². The summed E-state index contributed by atoms with van der Waals surface area (Å²) in [7, 11) is 0. The van der Waals surface area contributed by atoms with E-state index < -0.39 is 4.92 Å². The molecule has 0 bridgehead atoms. The van der Waals surface area contributed by atoms with E-state index in [0.29, 0.717) is 18.8 Å². The summed E-state index contributed by atoms with van der Waals surface area (Å²) in [5, 5.41) is 31.7. The molecule has 0 aromatic heterocycles. The SMILES string of the molecule is CCCN(CCO)c1ccc(C(N)=NO)cc1[N+](=O)[O-]. The maximum absolute atomic E-state index is 11.2. The molecule has 0 atom stereocenters. The minimum Gasteiger partial charge on any atom is -0.409 e. The second-order valence-corrected chi connectivity index (χ2v) is 4.16. The zero-order chi connectivity index (χ0) is 15.1. The number of aliphatic hydroxyl groups excluding tert-OH is 1. The third-order valence-electron chi connectivity index (χ3n) is 2.78. The van der Waals surface area contributed by atoms with E-state index in [4.69, 9.17) is 16.0 Å². The molecule has 0 spiro atoms. The van der Waals surface area contributed by atoms with E-state index in [1.54, 1.807) is 4.90 Å². The Hall–Kier alpha value is -2.35. The van der Waals surface area contributed by atoms with Gasteiger partial charge in [-0.05, 0) is 18.6 Å². The average molecular weight is 282 g/mol. The van der Waals surface area contributed by atoms with Gasteiger partial charge in [0.25, 0.3) is 5.69 Å². The largest absolute Gasteiger partial charge is 0.409 e. The zero-order valence-electron chi connectivity index (χ0n) is 11.2. The predicted molar refractivity (Wildman–Crippen MR) is 75.2 cm³/mol. The first-order valence-electron chi connectivity index (χ1n) is 6.17. The highest BCUT2D eigenvalue weighted by Gasteiger charge is 2.20. The van der Waals surface area contributed by atoms with E-state index in [1.165, 1.54) is 18.2 Å². The molecule has 0 aliphatic carbocycles. The lowest BCUT2D eigenvalue weighted by atomic mass is 10.1. The van der Waals surface area contributed by atoms with Gasteiger partial charge < -0.3 is 20.9 Å². The summed E-state index contributed by atoms with van der Waals surface area (Å²) in [6, 6.07) is 4.33. The number of rotatable bonds is 7. The van der Waals surface area contributed by atoms with Crippen LogP contribution < -0.4 is 10.6 Å². The van der Waals surface area contributed by atoms with Gasteiger partial charge in [0.2, 0.25) is 0 Å². The highest BCUT2D eigenvalue weighted by Crippen LogP contribution is 2.29. The van der Waals surface area contributed by atoms with Crippen molar-refractivity contribution in [2.45, 2.75) is 13.3 Å². The van der Waals surface area contributed by atoms with Crippen molar-refractivity contribution in [3.05, 3.63) is 33.9 Å². The van der Waals surface area contributed by atoms with Crippen molar-refractivity contribution in [2.24, 2.45) is 10.9 Å². The van der Waals surface area contributed by atoms with Gasteiger partial charge in [-0.1, -0.05) is 12.1 Å². The van der Waals surface area contributed by atoms with Crippen molar-refractivity contribution in [3.8, 4) is 0 Å². The van der Waals surface area contributed by atoms with Crippen LogP contribution in [0.4, 0.5) is 11.4 Å². The monoisotopic (exact) mass is 282 g/mol. The molecule has 0 aliphatic rings. The smallest absolute Gasteiger partial charge is 0.293 e. The maximum Gasteiger partial charge on any atom is 0.293 e. The Labute approximate surface area is 116 Å². The number of aliphatic hydroxyl groups is 1. The van der Waals surface area contributed by atoms with Gasteiger partial charge in [0.1, 0.15) is 5.69 Å². The number of oxime groups is 1. The van der Waals surface area contributed by atoms with Crippen LogP contribution in [0.15, 0.2) is 23.4 Å². The Morgan fingerprint density at radius 3 is 2.70 bits per heavy atom. The molecule has 1 rings (SSSR count). The molecule has 110 valence electrons. The van der Waals surface area contributed by atoms with Crippen LogP contribution in [0.25, 0.3) is 0 Å². The van der Waals surface area contributed by atoms with Crippen LogP contribution >= 0.6 is 0 Å². The molecule has 0 radical (unpaired) electrons. The van der Waals surface area contributed by atoms with Gasteiger partial charge in [0.05, 0.1) is 11.5 Å². The molecule has 0 unspecified atom stereocenters. The van der Waals surface area contributed by atoms with E-state index in [2.05, 4.69) is 5.16 Å². The summed E-state index contributed by atoms with van der Waals surface area (Å²) in [6.07, 6.45) is 0.791. The lowest BCUT2D eigenvalue weighted by Gasteiger charge is -2.23. The van der Waals surface area contributed by atoms with Crippen LogP contribution in [0.2, 0.25) is 0 Å². The number of benzene rings is 1. The first-order valence-corrected chi connectivity index (χ1v) is 6.17. The first-order chi connectivity index (χ1) is 9.54. The third kappa shape index (κ3) is 3.58. The summed E-state index contributed by atoms with van der Waals surface area (Å²) in [4.78, 5) is 12.4. The van der Waals surface area contributed by atoms with Crippen molar-refractivity contribution in [1.82, 2.24) is 0 Å². The highest BCUT2D eigenvalue weighted by molar-refractivity contribution is 5.98. The molecule has 1 aromatic carbocycles. The standard InChI is InChI=1S/C12H18N4O4/c1-2-5-15(6-7-17)10-4-3-9(12(13)14-18)8-11(10)16(19)20/h3-4,8,17-18H,2,5-7H2,1H3,(H2,13,14). The fraction of sp³-hybridized carbons (Fsp3) is 0.417. The molecule has 4 N–H and O–H groups in total. The highest BCUT2D eigenvalue weighted by atomic mass is 16.6. The summed E-state index contributed by atoms with van der Waals surface area (Å²) in [5.41, 5.74) is 5.96. The number of nitro benzene ring substituents is 1. The van der Waals surface area contributed by atoms with Crippen molar-refractivity contribution >= 4 is 17.2 Å². The Bertz CT molecular complexity index is 498. The fourth-order valence-electron chi connectivity index (χ4n) is 1.90. The van der Waals surface area contributed by atoms with Gasteiger partial charge in [-0.15, -0.1) is 0 Å². The van der Waals surface area contributed by atoms with Crippen LogP contribution in [0, 0.1) is 10.1 Å². The molecule has 0 aliphatic heterocycles. The third-order valence-corrected chi connectivity index (χ3v) is 2.78. The van der Waals surface area contributed by atoms with Gasteiger partial charge in [-0.25, -0.2) is 0 Å². The quantitative estimate of drug-likeness (QED) is 0.224. The van der Waals surface area contributed by atoms with Crippen LogP contribution in [0.1, 0.15) is 18.9 Å². The fourth-order valence-corrected chi connectivity index (χ4v) is 1.90. The normalized spacial score (nSPS) is 11.4. The summed E-state index contributed by atoms with van der Waals surface area (Å²) in [6.45, 7) is 2.74. The van der Waals surface area contributed by atoms with E-state index in [-0.39, 0.29) is 23.7 Å². The topological polar surface area (TPSA) is 125 Å². The van der Waals surface area contributed by atoms with Crippen LogP contribution in [0.3, 0.4) is 0 Å². The number of nitrogens with two attached hydrogens (primary N) is 1. The van der Waals surface area contributed by atoms with E-state index in [9.17, 15) is 10.1 Å². The first kappa shape index (κ1) is 15.7. The maximum atomic E-state index is 11.2. The van der Waals surface area contributed by atoms with Gasteiger partial charge in [0.15, 0.2) is 5.84 Å². The summed E-state index contributed by atoms with van der Waals surface area (Å²) >= 11 is 0. The molecule has 0 heterocycles. The molecular weight excluding hydrogens is 264 g/mol. The molecular formula is C12H18N4O4. The second-order valence-electron chi connectivity index (χ2n) is 4.16. The number of hydrogen-bond donors (Lipinski definition) is 3. The summed E-state index contributed by atoms with van der Waals surface area (Å²) < 4.78 is 0. The minimum atomic E-state index is -0.524. The molecule has 0 saturated carbocycles. The molecule has 20 heavy (non-hydrogen) atoms. The van der Waals surface area contributed by atoms with Gasteiger partial charge in [0, 0.05) is 24.7 Å². The number of hydrogen-bond acceptors (Lipinski definition) is 6. The number of nitro groups is 1. The molecule has 8 nitrogen and oxygen atoms in total. The van der Waals surface area contributed by atoms with Crippen LogP contribution in [-0.4, -0.2) is 40.8 Å². The number of nitrogens with zero attached hydrogens (tertiary/aromatic N) is 3. The number of anilines is 1. The molecule has 1 aromatic rings. The van der Waals surface area contributed by atoms with Crippen LogP contribution in [0.5, 0.6) is 0 Å². The Morgan fingerprint density at radius 1 is 1.50 bits per heavy atom. The Morgan fingerprint density at radius 2 is 2.20 bits per heavy atom. The van der Waals surface area contributed by atoms with Gasteiger partial charge >= 0.3 is 0 Å². The van der Waals surface area contributed by atoms with E-state index in [0.717, 1.165) is 6.42 Å². The van der Waals surface area contributed by atoms with Crippen molar-refractivity contribution in [1.29, 1.82) is 0 Å². The average Bonchev–Trinajstić information content (AvgIpc) is 2.45. The minimum absolute atomic E-state index is 0.0981. The van der Waals surface area contributed by atoms with Crippen LogP contribution in [-0.2, 0) is 0 Å². The zero-order valence-corrected chi connectivity index (χ0v) is 11.2. The van der Waals surface area contributed by atoms with E-state index >= 15 is 0 Å². The summed E-state index contributed by atoms with van der Waals surface area (Å²) in [5.74, 6) is -0.191. The lowest BCUT2D eigenvalue weighted by Crippen LogP contribution is -2.28. The van der Waals surface area contributed by atoms with Gasteiger partial charge in [-0.3, -0.25) is 10.1 Å². The molecule has 0 saturated heterocycles. The second kappa shape index (κ2) is 7.29. The Balaban J connectivity index is 3.27. The molecule has 0 amide bonds. The lowest BCUT2D eigenvalue weighted by molar-refractivity contribution is -0.384.